The molecule has 1 N–H and O–H groups in total. The molecule has 4 heteroatoms. The van der Waals surface area contributed by atoms with Crippen molar-refractivity contribution in [2.24, 2.45) is 0 Å². The first kappa shape index (κ1) is 12.4. The Morgan fingerprint density at radius 2 is 2.18 bits per heavy atom. The Labute approximate surface area is 110 Å². The van der Waals surface area contributed by atoms with Crippen LogP contribution in [0.3, 0.4) is 0 Å². The first-order chi connectivity index (χ1) is 8.18. The number of halogens is 1. The molecule has 0 aromatic heterocycles. The molecule has 1 unspecified atom stereocenters. The van der Waals surface area contributed by atoms with Gasteiger partial charge in [-0.2, -0.15) is 0 Å². The first-order valence-corrected chi connectivity index (χ1v) is 6.80. The molecule has 17 heavy (non-hydrogen) atoms. The molecule has 1 aromatic rings. The zero-order valence-corrected chi connectivity index (χ0v) is 11.5. The molecule has 2 rings (SSSR count). The van der Waals surface area contributed by atoms with Gasteiger partial charge in [0.25, 0.3) is 0 Å². The van der Waals surface area contributed by atoms with Crippen molar-refractivity contribution in [2.45, 2.75) is 32.2 Å². The summed E-state index contributed by atoms with van der Waals surface area (Å²) < 4.78 is 0.915. The molecule has 0 saturated carbocycles. The maximum absolute atomic E-state index is 12.1. The van der Waals surface area contributed by atoms with Crippen molar-refractivity contribution in [1.29, 1.82) is 0 Å². The number of urea groups is 1. The SMILES string of the molecule is CC1CCCCN1C(=O)Nc1ccccc1Br. The molecule has 1 saturated heterocycles. The predicted octanol–water partition coefficient (Wildman–Crippen LogP) is 3.86. The minimum atomic E-state index is 0.00380. The van der Waals surface area contributed by atoms with Crippen molar-refractivity contribution < 1.29 is 4.79 Å². The topological polar surface area (TPSA) is 32.3 Å². The highest BCUT2D eigenvalue weighted by molar-refractivity contribution is 9.10. The first-order valence-electron chi connectivity index (χ1n) is 6.00. The number of carbonyl (C=O) groups is 1. The molecule has 1 aromatic carbocycles. The molecule has 1 heterocycles. The molecular weight excluding hydrogens is 280 g/mol. The van der Waals surface area contributed by atoms with Crippen LogP contribution >= 0.6 is 15.9 Å². The summed E-state index contributed by atoms with van der Waals surface area (Å²) >= 11 is 3.43. The summed E-state index contributed by atoms with van der Waals surface area (Å²) in [4.78, 5) is 14.0. The van der Waals surface area contributed by atoms with E-state index in [2.05, 4.69) is 28.2 Å². The van der Waals surface area contributed by atoms with Gasteiger partial charge in [-0.25, -0.2) is 4.79 Å². The van der Waals surface area contributed by atoms with E-state index < -0.39 is 0 Å². The Bertz CT molecular complexity index is 408. The van der Waals surface area contributed by atoms with Crippen LogP contribution in [0.25, 0.3) is 0 Å². The molecule has 0 aliphatic carbocycles. The summed E-state index contributed by atoms with van der Waals surface area (Å²) in [6.45, 7) is 2.97. The summed E-state index contributed by atoms with van der Waals surface area (Å²) in [6, 6.07) is 8.02. The van der Waals surface area contributed by atoms with Gasteiger partial charge >= 0.3 is 6.03 Å². The number of anilines is 1. The van der Waals surface area contributed by atoms with Crippen molar-refractivity contribution in [1.82, 2.24) is 4.90 Å². The van der Waals surface area contributed by atoms with Gasteiger partial charge in [0.2, 0.25) is 0 Å². The molecule has 92 valence electrons. The number of carbonyl (C=O) groups excluding carboxylic acids is 1. The van der Waals surface area contributed by atoms with Gasteiger partial charge < -0.3 is 10.2 Å². The Morgan fingerprint density at radius 1 is 1.41 bits per heavy atom. The largest absolute Gasteiger partial charge is 0.322 e. The Hall–Kier alpha value is -1.03. The second-order valence-electron chi connectivity index (χ2n) is 4.45. The summed E-state index contributed by atoms with van der Waals surface area (Å²) in [5.74, 6) is 0. The van der Waals surface area contributed by atoms with E-state index in [0.717, 1.165) is 29.5 Å². The van der Waals surface area contributed by atoms with Crippen LogP contribution in [0.2, 0.25) is 0 Å². The molecule has 2 amide bonds. The van der Waals surface area contributed by atoms with Gasteiger partial charge in [-0.1, -0.05) is 12.1 Å². The maximum Gasteiger partial charge on any atom is 0.322 e. The van der Waals surface area contributed by atoms with E-state index in [1.165, 1.54) is 6.42 Å². The van der Waals surface area contributed by atoms with Gasteiger partial charge in [-0.05, 0) is 54.2 Å². The van der Waals surface area contributed by atoms with E-state index >= 15 is 0 Å². The summed E-state index contributed by atoms with van der Waals surface area (Å²) in [6.07, 6.45) is 3.43. The molecule has 3 nitrogen and oxygen atoms in total. The van der Waals surface area contributed by atoms with E-state index in [1.807, 2.05) is 29.2 Å². The molecule has 1 aliphatic rings. The van der Waals surface area contributed by atoms with Crippen molar-refractivity contribution in [3.8, 4) is 0 Å². The Kier molecular flexibility index (Phi) is 4.05. The zero-order chi connectivity index (χ0) is 12.3. The molecule has 1 aliphatic heterocycles. The van der Waals surface area contributed by atoms with Crippen LogP contribution in [-0.4, -0.2) is 23.5 Å². The van der Waals surface area contributed by atoms with Crippen LogP contribution in [0.4, 0.5) is 10.5 Å². The van der Waals surface area contributed by atoms with Crippen molar-refractivity contribution >= 4 is 27.6 Å². The number of piperidine rings is 1. The fourth-order valence-electron chi connectivity index (χ4n) is 2.15. The van der Waals surface area contributed by atoms with E-state index in [-0.39, 0.29) is 6.03 Å². The van der Waals surface area contributed by atoms with Crippen LogP contribution in [0.5, 0.6) is 0 Å². The van der Waals surface area contributed by atoms with Gasteiger partial charge in [0.1, 0.15) is 0 Å². The van der Waals surface area contributed by atoms with Crippen molar-refractivity contribution in [2.75, 3.05) is 11.9 Å². The Morgan fingerprint density at radius 3 is 2.88 bits per heavy atom. The van der Waals surface area contributed by atoms with Gasteiger partial charge in [0.05, 0.1) is 5.69 Å². The standard InChI is InChI=1S/C13H17BrN2O/c1-10-6-4-5-9-16(10)13(17)15-12-8-3-2-7-11(12)14/h2-3,7-8,10H,4-6,9H2,1H3,(H,15,17). The third-order valence-corrected chi connectivity index (χ3v) is 3.87. The van der Waals surface area contributed by atoms with Crippen molar-refractivity contribution in [3.63, 3.8) is 0 Å². The van der Waals surface area contributed by atoms with Gasteiger partial charge in [-0.15, -0.1) is 0 Å². The number of hydrogen-bond acceptors (Lipinski definition) is 1. The second kappa shape index (κ2) is 5.54. The van der Waals surface area contributed by atoms with Crippen LogP contribution in [0.15, 0.2) is 28.7 Å². The van der Waals surface area contributed by atoms with E-state index in [4.69, 9.17) is 0 Å². The van der Waals surface area contributed by atoms with Gasteiger partial charge in [0, 0.05) is 17.1 Å². The number of hydrogen-bond donors (Lipinski definition) is 1. The molecule has 1 atom stereocenters. The smallest absolute Gasteiger partial charge is 0.322 e. The van der Waals surface area contributed by atoms with E-state index in [1.54, 1.807) is 0 Å². The third-order valence-electron chi connectivity index (χ3n) is 3.18. The highest BCUT2D eigenvalue weighted by atomic mass is 79.9. The quantitative estimate of drug-likeness (QED) is 0.839. The third kappa shape index (κ3) is 3.00. The number of amides is 2. The molecule has 1 fully saturated rings. The van der Waals surface area contributed by atoms with Crippen LogP contribution in [-0.2, 0) is 0 Å². The molecular formula is C13H17BrN2O. The highest BCUT2D eigenvalue weighted by Gasteiger charge is 2.23. The van der Waals surface area contributed by atoms with Crippen LogP contribution in [0, 0.1) is 0 Å². The summed E-state index contributed by atoms with van der Waals surface area (Å²) in [7, 11) is 0. The fourth-order valence-corrected chi connectivity index (χ4v) is 2.53. The lowest BCUT2D eigenvalue weighted by Crippen LogP contribution is -2.44. The lowest BCUT2D eigenvalue weighted by Gasteiger charge is -2.33. The average molecular weight is 297 g/mol. The van der Waals surface area contributed by atoms with E-state index in [9.17, 15) is 4.79 Å². The maximum atomic E-state index is 12.1. The monoisotopic (exact) mass is 296 g/mol. The van der Waals surface area contributed by atoms with Gasteiger partial charge in [0.15, 0.2) is 0 Å². The van der Waals surface area contributed by atoms with Crippen LogP contribution in [0.1, 0.15) is 26.2 Å². The number of nitrogens with zero attached hydrogens (tertiary/aromatic N) is 1. The zero-order valence-electron chi connectivity index (χ0n) is 9.95. The summed E-state index contributed by atoms with van der Waals surface area (Å²) in [5, 5.41) is 2.95. The predicted molar refractivity (Wildman–Crippen MR) is 73.2 cm³/mol. The van der Waals surface area contributed by atoms with Gasteiger partial charge in [-0.3, -0.25) is 0 Å². The number of benzene rings is 1. The summed E-state index contributed by atoms with van der Waals surface area (Å²) in [5.41, 5.74) is 0.829. The minimum Gasteiger partial charge on any atom is -0.322 e. The normalized spacial score (nSPS) is 20.1. The lowest BCUT2D eigenvalue weighted by atomic mass is 10.0. The van der Waals surface area contributed by atoms with Crippen LogP contribution < -0.4 is 5.32 Å². The number of nitrogens with one attached hydrogen (secondary N) is 1. The number of likely N-dealkylation sites (tertiary alicyclic amines) is 1. The minimum absolute atomic E-state index is 0.00380. The molecule has 0 spiro atoms. The number of para-hydroxylation sites is 1. The Balaban J connectivity index is 2.03. The molecule has 0 radical (unpaired) electrons. The lowest BCUT2D eigenvalue weighted by molar-refractivity contribution is 0.170. The number of rotatable bonds is 1. The second-order valence-corrected chi connectivity index (χ2v) is 5.30. The molecule has 0 bridgehead atoms. The fraction of sp³-hybridized carbons (Fsp3) is 0.462. The van der Waals surface area contributed by atoms with E-state index in [0.29, 0.717) is 6.04 Å². The highest BCUT2D eigenvalue weighted by Crippen LogP contribution is 2.23. The van der Waals surface area contributed by atoms with Crippen molar-refractivity contribution in [3.05, 3.63) is 28.7 Å². The average Bonchev–Trinajstić information content (AvgIpc) is 2.32.